The molecule has 0 unspecified atom stereocenters. The van der Waals surface area contributed by atoms with Gasteiger partial charge in [0.1, 0.15) is 0 Å². The molecule has 2 aromatic rings. The van der Waals surface area contributed by atoms with Gasteiger partial charge >= 0.3 is 0 Å². The number of hydrogen-bond donors (Lipinski definition) is 1. The van der Waals surface area contributed by atoms with E-state index in [4.69, 9.17) is 9.47 Å². The van der Waals surface area contributed by atoms with Gasteiger partial charge < -0.3 is 14.8 Å². The minimum absolute atomic E-state index is 0.153. The lowest BCUT2D eigenvalue weighted by molar-refractivity contribution is -0.111. The molecule has 2 heterocycles. The van der Waals surface area contributed by atoms with Crippen LogP contribution >= 0.6 is 0 Å². The highest BCUT2D eigenvalue weighted by atomic mass is 32.2. The third-order valence-corrected chi connectivity index (χ3v) is 9.47. The molecule has 2 saturated heterocycles. The Hall–Kier alpha value is -2.61. The van der Waals surface area contributed by atoms with Crippen molar-refractivity contribution in [1.82, 2.24) is 8.61 Å². The zero-order valence-corrected chi connectivity index (χ0v) is 20.6. The third-order valence-electron chi connectivity index (χ3n) is 5.64. The quantitative estimate of drug-likeness (QED) is 0.546. The average Bonchev–Trinajstić information content (AvgIpc) is 2.89. The van der Waals surface area contributed by atoms with Crippen molar-refractivity contribution in [2.75, 3.05) is 57.9 Å². The number of amides is 1. The fourth-order valence-corrected chi connectivity index (χ4v) is 6.50. The molecule has 0 aliphatic carbocycles. The van der Waals surface area contributed by atoms with E-state index in [1.54, 1.807) is 18.2 Å². The van der Waals surface area contributed by atoms with Crippen molar-refractivity contribution < 1.29 is 31.1 Å². The number of carbonyl (C=O) groups excluding carboxylic acids is 1. The molecular weight excluding hydrogens is 494 g/mol. The lowest BCUT2D eigenvalue weighted by Crippen LogP contribution is -2.40. The van der Waals surface area contributed by atoms with E-state index >= 15 is 0 Å². The number of sulfonamides is 2. The van der Waals surface area contributed by atoms with Gasteiger partial charge in [-0.3, -0.25) is 4.79 Å². The minimum Gasteiger partial charge on any atom is -0.379 e. The van der Waals surface area contributed by atoms with Gasteiger partial charge in [0.15, 0.2) is 0 Å². The normalized spacial score (nSPS) is 18.5. The molecule has 4 rings (SSSR count). The van der Waals surface area contributed by atoms with Crippen molar-refractivity contribution in [3.63, 3.8) is 0 Å². The summed E-state index contributed by atoms with van der Waals surface area (Å²) in [6, 6.07) is 12.3. The van der Waals surface area contributed by atoms with Crippen LogP contribution in [0.3, 0.4) is 0 Å². The zero-order chi connectivity index (χ0) is 24.9. The fraction of sp³-hybridized carbons (Fsp3) is 0.348. The van der Waals surface area contributed by atoms with E-state index in [2.05, 4.69) is 5.32 Å². The van der Waals surface area contributed by atoms with Crippen LogP contribution in [-0.4, -0.2) is 84.0 Å². The number of rotatable bonds is 7. The SMILES string of the molecule is O=C(C=Cc1ccc(S(=O)(=O)N2CCOCC2)cc1)Nc1ccc(S(=O)(=O)N2CCOCC2)cc1. The molecule has 12 heteroatoms. The smallest absolute Gasteiger partial charge is 0.248 e. The van der Waals surface area contributed by atoms with Crippen LogP contribution in [0.25, 0.3) is 6.08 Å². The van der Waals surface area contributed by atoms with Gasteiger partial charge in [0.25, 0.3) is 0 Å². The number of ether oxygens (including phenoxy) is 2. The van der Waals surface area contributed by atoms with Crippen LogP contribution in [0.1, 0.15) is 5.56 Å². The van der Waals surface area contributed by atoms with E-state index in [0.717, 1.165) is 0 Å². The Morgan fingerprint density at radius 2 is 1.14 bits per heavy atom. The zero-order valence-electron chi connectivity index (χ0n) is 19.0. The molecule has 0 saturated carbocycles. The summed E-state index contributed by atoms with van der Waals surface area (Å²) in [4.78, 5) is 12.6. The number of anilines is 1. The maximum absolute atomic E-state index is 12.7. The lowest BCUT2D eigenvalue weighted by atomic mass is 10.2. The van der Waals surface area contributed by atoms with Crippen LogP contribution in [0.4, 0.5) is 5.69 Å². The fourth-order valence-electron chi connectivity index (χ4n) is 3.69. The third kappa shape index (κ3) is 6.15. The largest absolute Gasteiger partial charge is 0.379 e. The first-order chi connectivity index (χ1) is 16.8. The van der Waals surface area contributed by atoms with Gasteiger partial charge in [-0.05, 0) is 48.0 Å². The first-order valence-corrected chi connectivity index (χ1v) is 14.0. The molecule has 1 N–H and O–H groups in total. The minimum atomic E-state index is -3.60. The molecule has 0 radical (unpaired) electrons. The highest BCUT2D eigenvalue weighted by molar-refractivity contribution is 7.89. The molecule has 0 spiro atoms. The molecule has 2 aliphatic heterocycles. The van der Waals surface area contributed by atoms with Crippen molar-refractivity contribution >= 4 is 37.7 Å². The monoisotopic (exact) mass is 521 g/mol. The molecule has 2 fully saturated rings. The Labute approximate surface area is 205 Å². The predicted octanol–water partition coefficient (Wildman–Crippen LogP) is 1.38. The Balaban J connectivity index is 1.35. The summed E-state index contributed by atoms with van der Waals surface area (Å²) < 4.78 is 63.9. The van der Waals surface area contributed by atoms with E-state index in [1.165, 1.54) is 51.1 Å². The molecule has 35 heavy (non-hydrogen) atoms. The highest BCUT2D eigenvalue weighted by Gasteiger charge is 2.27. The second-order valence-electron chi connectivity index (χ2n) is 7.95. The highest BCUT2D eigenvalue weighted by Crippen LogP contribution is 2.20. The summed E-state index contributed by atoms with van der Waals surface area (Å²) in [5.41, 5.74) is 1.11. The van der Waals surface area contributed by atoms with Crippen LogP contribution < -0.4 is 5.32 Å². The molecule has 2 aromatic carbocycles. The van der Waals surface area contributed by atoms with Crippen LogP contribution in [0.5, 0.6) is 0 Å². The van der Waals surface area contributed by atoms with E-state index < -0.39 is 26.0 Å². The van der Waals surface area contributed by atoms with E-state index in [1.807, 2.05) is 0 Å². The number of morpholine rings is 2. The number of carbonyl (C=O) groups is 1. The number of nitrogens with zero attached hydrogens (tertiary/aromatic N) is 2. The first-order valence-electron chi connectivity index (χ1n) is 11.1. The molecule has 0 aromatic heterocycles. The number of nitrogens with one attached hydrogen (secondary N) is 1. The van der Waals surface area contributed by atoms with Gasteiger partial charge in [0, 0.05) is 37.9 Å². The molecule has 188 valence electrons. The van der Waals surface area contributed by atoms with Crippen LogP contribution in [-0.2, 0) is 34.3 Å². The molecular formula is C23H27N3O7S2. The topological polar surface area (TPSA) is 122 Å². The second-order valence-corrected chi connectivity index (χ2v) is 11.8. The summed E-state index contributed by atoms with van der Waals surface area (Å²) in [6.45, 7) is 2.76. The molecule has 10 nitrogen and oxygen atoms in total. The lowest BCUT2D eigenvalue weighted by Gasteiger charge is -2.26. The Morgan fingerprint density at radius 1 is 0.714 bits per heavy atom. The summed E-state index contributed by atoms with van der Waals surface area (Å²) in [6.07, 6.45) is 2.89. The van der Waals surface area contributed by atoms with Crippen molar-refractivity contribution in [2.24, 2.45) is 0 Å². The summed E-state index contributed by atoms with van der Waals surface area (Å²) in [7, 11) is -7.17. The van der Waals surface area contributed by atoms with Crippen LogP contribution in [0, 0.1) is 0 Å². The maximum Gasteiger partial charge on any atom is 0.248 e. The van der Waals surface area contributed by atoms with Gasteiger partial charge in [-0.1, -0.05) is 12.1 Å². The Bertz CT molecular complexity index is 1260. The Kier molecular flexibility index (Phi) is 7.99. The predicted molar refractivity (Wildman–Crippen MR) is 130 cm³/mol. The van der Waals surface area contributed by atoms with Crippen molar-refractivity contribution in [2.45, 2.75) is 9.79 Å². The van der Waals surface area contributed by atoms with Crippen LogP contribution in [0.15, 0.2) is 64.4 Å². The van der Waals surface area contributed by atoms with Gasteiger partial charge in [-0.15, -0.1) is 0 Å². The van der Waals surface area contributed by atoms with E-state index in [-0.39, 0.29) is 9.79 Å². The van der Waals surface area contributed by atoms with Gasteiger partial charge in [0.2, 0.25) is 26.0 Å². The van der Waals surface area contributed by atoms with Crippen LogP contribution in [0.2, 0.25) is 0 Å². The van der Waals surface area contributed by atoms with E-state index in [0.29, 0.717) is 63.9 Å². The summed E-state index contributed by atoms with van der Waals surface area (Å²) in [5, 5.41) is 2.68. The maximum atomic E-state index is 12.7. The number of benzene rings is 2. The standard InChI is InChI=1S/C23H27N3O7S2/c27-23(24-20-4-8-22(9-5-20)35(30,31)26-13-17-33-18-14-26)10-3-19-1-6-21(7-2-19)34(28,29)25-11-15-32-16-12-25/h1-10H,11-18H2,(H,24,27). The molecule has 1 amide bonds. The van der Waals surface area contributed by atoms with Crippen molar-refractivity contribution in [3.8, 4) is 0 Å². The first kappa shape index (κ1) is 25.5. The second kappa shape index (κ2) is 11.0. The van der Waals surface area contributed by atoms with Gasteiger partial charge in [-0.2, -0.15) is 8.61 Å². The van der Waals surface area contributed by atoms with Gasteiger partial charge in [0.05, 0.1) is 36.2 Å². The van der Waals surface area contributed by atoms with Crippen molar-refractivity contribution in [3.05, 3.63) is 60.2 Å². The molecule has 0 atom stereocenters. The van der Waals surface area contributed by atoms with Crippen molar-refractivity contribution in [1.29, 1.82) is 0 Å². The Morgan fingerprint density at radius 3 is 1.60 bits per heavy atom. The summed E-state index contributed by atoms with van der Waals surface area (Å²) in [5.74, 6) is -0.404. The van der Waals surface area contributed by atoms with Gasteiger partial charge in [-0.25, -0.2) is 16.8 Å². The molecule has 2 aliphatic rings. The molecule has 0 bridgehead atoms. The average molecular weight is 522 g/mol. The summed E-state index contributed by atoms with van der Waals surface area (Å²) >= 11 is 0. The number of hydrogen-bond acceptors (Lipinski definition) is 7. The van der Waals surface area contributed by atoms with E-state index in [9.17, 15) is 21.6 Å².